The fourth-order valence-electron chi connectivity index (χ4n) is 0.238. The van der Waals surface area contributed by atoms with Crippen molar-refractivity contribution in [3.05, 3.63) is 0 Å². The summed E-state index contributed by atoms with van der Waals surface area (Å²) in [4.78, 5) is 0. The number of rotatable bonds is 2. The molecule has 0 fully saturated rings. The van der Waals surface area contributed by atoms with Gasteiger partial charge in [0.25, 0.3) is 0 Å². The fraction of sp³-hybridized carbons (Fsp3) is 1.00. The first kappa shape index (κ1) is 9.07. The minimum absolute atomic E-state index is 0.402. The predicted molar refractivity (Wildman–Crippen MR) is 36.0 cm³/mol. The van der Waals surface area contributed by atoms with Gasteiger partial charge in [-0.25, -0.2) is 0 Å². The molecule has 1 atom stereocenters. The standard InChI is InChI=1S/C5H12O3S/c1-5(2,3)8-9(6)7-4/h1-4H3. The molecule has 0 aromatic rings. The molecule has 9 heavy (non-hydrogen) atoms. The molecule has 4 heteroatoms. The van der Waals surface area contributed by atoms with Gasteiger partial charge in [-0.05, 0) is 20.8 Å². The van der Waals surface area contributed by atoms with Crippen LogP contribution in [0.25, 0.3) is 0 Å². The van der Waals surface area contributed by atoms with Crippen LogP contribution in [0.15, 0.2) is 0 Å². The average Bonchev–Trinajstić information content (AvgIpc) is 1.62. The van der Waals surface area contributed by atoms with Gasteiger partial charge in [0, 0.05) is 0 Å². The van der Waals surface area contributed by atoms with E-state index in [1.165, 1.54) is 7.11 Å². The molecule has 56 valence electrons. The smallest absolute Gasteiger partial charge is 0.272 e. The molecule has 0 amide bonds. The van der Waals surface area contributed by atoms with Crippen LogP contribution in [-0.4, -0.2) is 16.9 Å². The van der Waals surface area contributed by atoms with Crippen LogP contribution in [0.2, 0.25) is 0 Å². The van der Waals surface area contributed by atoms with Crippen molar-refractivity contribution in [1.82, 2.24) is 0 Å². The zero-order chi connectivity index (χ0) is 7.49. The van der Waals surface area contributed by atoms with Gasteiger partial charge < -0.3 is 0 Å². The van der Waals surface area contributed by atoms with Crippen LogP contribution in [-0.2, 0) is 19.7 Å². The van der Waals surface area contributed by atoms with Gasteiger partial charge in [0.05, 0.1) is 12.7 Å². The second-order valence-electron chi connectivity index (χ2n) is 2.57. The van der Waals surface area contributed by atoms with Crippen LogP contribution in [0.3, 0.4) is 0 Å². The second kappa shape index (κ2) is 3.29. The van der Waals surface area contributed by atoms with Crippen LogP contribution < -0.4 is 0 Å². The van der Waals surface area contributed by atoms with Gasteiger partial charge in [-0.1, -0.05) is 0 Å². The van der Waals surface area contributed by atoms with Crippen LogP contribution in [0.1, 0.15) is 20.8 Å². The summed E-state index contributed by atoms with van der Waals surface area (Å²) < 4.78 is 19.7. The molecule has 0 spiro atoms. The topological polar surface area (TPSA) is 35.5 Å². The Morgan fingerprint density at radius 2 is 1.78 bits per heavy atom. The summed E-state index contributed by atoms with van der Waals surface area (Å²) >= 11 is -1.60. The molecule has 0 radical (unpaired) electrons. The Bertz CT molecular complexity index is 105. The maximum Gasteiger partial charge on any atom is 0.304 e. The van der Waals surface area contributed by atoms with Gasteiger partial charge in [-0.2, -0.15) is 4.21 Å². The quantitative estimate of drug-likeness (QED) is 0.592. The van der Waals surface area contributed by atoms with E-state index >= 15 is 0 Å². The largest absolute Gasteiger partial charge is 0.304 e. The first-order valence-electron chi connectivity index (χ1n) is 2.61. The SMILES string of the molecule is COS(=O)OC(C)(C)C. The third-order valence-electron chi connectivity index (χ3n) is 0.454. The van der Waals surface area contributed by atoms with E-state index in [9.17, 15) is 4.21 Å². The van der Waals surface area contributed by atoms with Crippen molar-refractivity contribution in [2.75, 3.05) is 7.11 Å². The van der Waals surface area contributed by atoms with Crippen molar-refractivity contribution < 1.29 is 12.6 Å². The van der Waals surface area contributed by atoms with E-state index in [0.29, 0.717) is 0 Å². The zero-order valence-electron chi connectivity index (χ0n) is 6.13. The van der Waals surface area contributed by atoms with E-state index in [0.717, 1.165) is 0 Å². The van der Waals surface area contributed by atoms with Crippen LogP contribution >= 0.6 is 0 Å². The first-order valence-corrected chi connectivity index (χ1v) is 3.61. The highest BCUT2D eigenvalue weighted by Crippen LogP contribution is 2.08. The summed E-state index contributed by atoms with van der Waals surface area (Å²) in [6.07, 6.45) is 0. The molecule has 0 aliphatic rings. The molecule has 0 rings (SSSR count). The minimum atomic E-state index is -1.60. The Hall–Kier alpha value is 0.0700. The van der Waals surface area contributed by atoms with Crippen molar-refractivity contribution in [1.29, 1.82) is 0 Å². The Balaban J connectivity index is 3.60. The zero-order valence-corrected chi connectivity index (χ0v) is 6.95. The van der Waals surface area contributed by atoms with E-state index in [4.69, 9.17) is 4.18 Å². The normalized spacial score (nSPS) is 15.6. The second-order valence-corrected chi connectivity index (χ2v) is 3.47. The van der Waals surface area contributed by atoms with E-state index in [2.05, 4.69) is 4.18 Å². The Kier molecular flexibility index (Phi) is 3.32. The molecule has 1 unspecified atom stereocenters. The van der Waals surface area contributed by atoms with Gasteiger partial charge >= 0.3 is 11.4 Å². The first-order chi connectivity index (χ1) is 3.95. The predicted octanol–water partition coefficient (Wildman–Crippen LogP) is 1.03. The van der Waals surface area contributed by atoms with Crippen molar-refractivity contribution >= 4 is 11.4 Å². The van der Waals surface area contributed by atoms with Gasteiger partial charge in [0.1, 0.15) is 0 Å². The minimum Gasteiger partial charge on any atom is -0.272 e. The van der Waals surface area contributed by atoms with Crippen LogP contribution in [0.4, 0.5) is 0 Å². The average molecular weight is 152 g/mol. The Labute approximate surface area is 58.2 Å². The maximum absolute atomic E-state index is 10.5. The number of hydrogen-bond acceptors (Lipinski definition) is 3. The molecule has 0 N–H and O–H groups in total. The number of hydrogen-bond donors (Lipinski definition) is 0. The molecule has 0 saturated heterocycles. The third-order valence-corrected chi connectivity index (χ3v) is 1.36. The molecule has 0 aromatic heterocycles. The van der Waals surface area contributed by atoms with Crippen LogP contribution in [0.5, 0.6) is 0 Å². The van der Waals surface area contributed by atoms with Gasteiger partial charge in [-0.15, -0.1) is 0 Å². The van der Waals surface area contributed by atoms with Gasteiger partial charge in [0.2, 0.25) is 0 Å². The lowest BCUT2D eigenvalue weighted by molar-refractivity contribution is 0.129. The van der Waals surface area contributed by atoms with Crippen molar-refractivity contribution in [2.24, 2.45) is 0 Å². The fourth-order valence-corrected chi connectivity index (χ4v) is 0.714. The summed E-state index contributed by atoms with van der Waals surface area (Å²) in [5.41, 5.74) is -0.402. The van der Waals surface area contributed by atoms with Gasteiger partial charge in [0.15, 0.2) is 0 Å². The van der Waals surface area contributed by atoms with Crippen molar-refractivity contribution in [2.45, 2.75) is 26.4 Å². The van der Waals surface area contributed by atoms with Crippen molar-refractivity contribution in [3.63, 3.8) is 0 Å². The maximum atomic E-state index is 10.5. The van der Waals surface area contributed by atoms with E-state index in [1.54, 1.807) is 0 Å². The Morgan fingerprint density at radius 1 is 1.33 bits per heavy atom. The van der Waals surface area contributed by atoms with E-state index in [-0.39, 0.29) is 0 Å². The van der Waals surface area contributed by atoms with E-state index in [1.807, 2.05) is 20.8 Å². The molecule has 3 nitrogen and oxygen atoms in total. The van der Waals surface area contributed by atoms with Gasteiger partial charge in [-0.3, -0.25) is 8.37 Å². The molecule has 0 heterocycles. The molecular weight excluding hydrogens is 140 g/mol. The molecule has 0 bridgehead atoms. The van der Waals surface area contributed by atoms with Crippen molar-refractivity contribution in [3.8, 4) is 0 Å². The monoisotopic (exact) mass is 152 g/mol. The molecular formula is C5H12O3S. The Morgan fingerprint density at radius 3 is 1.89 bits per heavy atom. The molecule has 0 aliphatic heterocycles. The lowest BCUT2D eigenvalue weighted by Crippen LogP contribution is -2.20. The highest BCUT2D eigenvalue weighted by Gasteiger charge is 2.14. The molecule has 0 saturated carbocycles. The summed E-state index contributed by atoms with van der Waals surface area (Å²) in [5, 5.41) is 0. The third kappa shape index (κ3) is 5.95. The molecule has 0 aromatic carbocycles. The highest BCUT2D eigenvalue weighted by atomic mass is 32.2. The lowest BCUT2D eigenvalue weighted by atomic mass is 10.2. The summed E-state index contributed by atoms with van der Waals surface area (Å²) in [6, 6.07) is 0. The lowest BCUT2D eigenvalue weighted by Gasteiger charge is -2.15. The molecule has 0 aliphatic carbocycles. The summed E-state index contributed by atoms with van der Waals surface area (Å²) in [6.45, 7) is 5.43. The highest BCUT2D eigenvalue weighted by molar-refractivity contribution is 7.75. The summed E-state index contributed by atoms with van der Waals surface area (Å²) in [5.74, 6) is 0. The van der Waals surface area contributed by atoms with E-state index < -0.39 is 17.0 Å². The van der Waals surface area contributed by atoms with Crippen LogP contribution in [0, 0.1) is 0 Å². The summed E-state index contributed by atoms with van der Waals surface area (Å²) in [7, 11) is 1.34.